The molecule has 6 rings (SSSR count). The molecule has 6 nitrogen and oxygen atoms in total. The molecule has 6 heteroatoms. The van der Waals surface area contributed by atoms with Crippen molar-refractivity contribution < 1.29 is 9.53 Å². The van der Waals surface area contributed by atoms with Crippen LogP contribution in [-0.4, -0.2) is 36.1 Å². The third-order valence-electron chi connectivity index (χ3n) is 7.62. The van der Waals surface area contributed by atoms with Crippen LogP contribution in [0.3, 0.4) is 0 Å². The molecule has 4 bridgehead atoms. The van der Waals surface area contributed by atoms with Gasteiger partial charge in [0, 0.05) is 30.7 Å². The Balaban J connectivity index is 1.32. The Hall–Kier alpha value is -1.69. The molecule has 0 atom stereocenters. The van der Waals surface area contributed by atoms with Crippen molar-refractivity contribution in [2.45, 2.75) is 56.8 Å². The molecule has 0 saturated heterocycles. The lowest BCUT2D eigenvalue weighted by atomic mass is 9.49. The van der Waals surface area contributed by atoms with Crippen molar-refractivity contribution in [2.24, 2.45) is 23.2 Å². The van der Waals surface area contributed by atoms with Crippen LogP contribution in [0.5, 0.6) is 0 Å². The Morgan fingerprint density at radius 1 is 1.22 bits per heavy atom. The minimum Gasteiger partial charge on any atom is -0.384 e. The van der Waals surface area contributed by atoms with Crippen molar-refractivity contribution in [3.8, 4) is 0 Å². The van der Waals surface area contributed by atoms with Crippen LogP contribution < -0.4 is 10.9 Å². The average Bonchev–Trinajstić information content (AvgIpc) is 3.39. The van der Waals surface area contributed by atoms with Crippen LogP contribution in [0.4, 0.5) is 0 Å². The van der Waals surface area contributed by atoms with Gasteiger partial charge in [-0.3, -0.25) is 9.59 Å². The first kappa shape index (κ1) is 17.4. The molecule has 0 radical (unpaired) electrons. The molecule has 0 aromatic carbocycles. The lowest BCUT2D eigenvalue weighted by Gasteiger charge is -2.56. The minimum absolute atomic E-state index is 0.0411. The van der Waals surface area contributed by atoms with E-state index in [0.717, 1.165) is 55.7 Å². The Morgan fingerprint density at radius 3 is 2.37 bits per heavy atom. The third-order valence-corrected chi connectivity index (χ3v) is 7.62. The van der Waals surface area contributed by atoms with Crippen LogP contribution in [0, 0.1) is 23.2 Å². The number of carbonyl (C=O) groups excluding carboxylic acids is 1. The standard InChI is InChI=1S/C21H29N3O3/c1-27-12-20(2-3-20)11-23-17(25)16-10-22-19(24-18(16)26)21-7-13-4-14(8-21)6-15(5-13)9-21/h10,13-15H,2-9,11-12H2,1H3,(H,23,25)(H,22,24,26). The fourth-order valence-electron chi connectivity index (χ4n) is 6.44. The lowest BCUT2D eigenvalue weighted by Crippen LogP contribution is -2.50. The molecule has 5 saturated carbocycles. The van der Waals surface area contributed by atoms with Gasteiger partial charge in [-0.15, -0.1) is 0 Å². The fraction of sp³-hybridized carbons (Fsp3) is 0.762. The summed E-state index contributed by atoms with van der Waals surface area (Å²) in [7, 11) is 1.68. The molecule has 5 fully saturated rings. The van der Waals surface area contributed by atoms with Gasteiger partial charge in [-0.25, -0.2) is 4.98 Å². The molecule has 1 aromatic heterocycles. The number of aromatic amines is 1. The number of nitrogens with zero attached hydrogens (tertiary/aromatic N) is 1. The number of ether oxygens (including phenoxy) is 1. The van der Waals surface area contributed by atoms with Gasteiger partial charge in [-0.05, 0) is 69.1 Å². The number of hydrogen-bond acceptors (Lipinski definition) is 4. The molecule has 146 valence electrons. The van der Waals surface area contributed by atoms with E-state index in [-0.39, 0.29) is 27.9 Å². The zero-order valence-corrected chi connectivity index (χ0v) is 16.1. The van der Waals surface area contributed by atoms with E-state index >= 15 is 0 Å². The second-order valence-corrected chi connectivity index (χ2v) is 9.79. The minimum atomic E-state index is -0.330. The van der Waals surface area contributed by atoms with Crippen molar-refractivity contribution in [2.75, 3.05) is 20.3 Å². The highest BCUT2D eigenvalue weighted by Crippen LogP contribution is 2.59. The fourth-order valence-corrected chi connectivity index (χ4v) is 6.44. The van der Waals surface area contributed by atoms with E-state index in [1.165, 1.54) is 25.5 Å². The quantitative estimate of drug-likeness (QED) is 0.804. The van der Waals surface area contributed by atoms with Gasteiger partial charge in [0.05, 0.1) is 6.61 Å². The first-order valence-corrected chi connectivity index (χ1v) is 10.4. The van der Waals surface area contributed by atoms with Gasteiger partial charge >= 0.3 is 0 Å². The molecule has 27 heavy (non-hydrogen) atoms. The van der Waals surface area contributed by atoms with E-state index in [1.54, 1.807) is 7.11 Å². The third kappa shape index (κ3) is 3.02. The van der Waals surface area contributed by atoms with Crippen LogP contribution in [0.15, 0.2) is 11.0 Å². The number of methoxy groups -OCH3 is 1. The average molecular weight is 371 g/mol. The van der Waals surface area contributed by atoms with Crippen molar-refractivity contribution in [1.82, 2.24) is 15.3 Å². The maximum absolute atomic E-state index is 12.7. The number of amides is 1. The van der Waals surface area contributed by atoms with Gasteiger partial charge in [0.1, 0.15) is 11.4 Å². The largest absolute Gasteiger partial charge is 0.384 e. The molecule has 0 unspecified atom stereocenters. The predicted octanol–water partition coefficient (Wildman–Crippen LogP) is 2.39. The maximum Gasteiger partial charge on any atom is 0.263 e. The molecule has 2 N–H and O–H groups in total. The van der Waals surface area contributed by atoms with Gasteiger partial charge in [0.25, 0.3) is 11.5 Å². The summed E-state index contributed by atoms with van der Waals surface area (Å²) in [5, 5.41) is 2.90. The van der Waals surface area contributed by atoms with Crippen molar-refractivity contribution in [3.05, 3.63) is 27.9 Å². The highest BCUT2D eigenvalue weighted by Gasteiger charge is 2.53. The Kier molecular flexibility index (Phi) is 3.97. The summed E-state index contributed by atoms with van der Waals surface area (Å²) in [5.74, 6) is 2.87. The van der Waals surface area contributed by atoms with Gasteiger partial charge < -0.3 is 15.0 Å². The zero-order chi connectivity index (χ0) is 18.6. The first-order chi connectivity index (χ1) is 13.0. The van der Waals surface area contributed by atoms with Crippen LogP contribution >= 0.6 is 0 Å². The summed E-state index contributed by atoms with van der Waals surface area (Å²) >= 11 is 0. The molecule has 5 aliphatic carbocycles. The van der Waals surface area contributed by atoms with Gasteiger partial charge in [0.15, 0.2) is 0 Å². The highest BCUT2D eigenvalue weighted by atomic mass is 16.5. The number of H-pyrrole nitrogens is 1. The number of aromatic nitrogens is 2. The topological polar surface area (TPSA) is 84.1 Å². The Labute approximate surface area is 159 Å². The number of rotatable bonds is 6. The van der Waals surface area contributed by atoms with E-state index in [2.05, 4.69) is 15.3 Å². The molecule has 5 aliphatic rings. The van der Waals surface area contributed by atoms with Gasteiger partial charge in [-0.1, -0.05) is 0 Å². The normalized spacial score (nSPS) is 35.2. The Morgan fingerprint density at radius 2 is 1.85 bits per heavy atom. The predicted molar refractivity (Wildman–Crippen MR) is 101 cm³/mol. The van der Waals surface area contributed by atoms with Crippen molar-refractivity contribution >= 4 is 5.91 Å². The van der Waals surface area contributed by atoms with Gasteiger partial charge in [0.2, 0.25) is 0 Å². The molecule has 1 aromatic rings. The summed E-state index contributed by atoms with van der Waals surface area (Å²) in [6.45, 7) is 1.20. The first-order valence-electron chi connectivity index (χ1n) is 10.4. The van der Waals surface area contributed by atoms with E-state index in [4.69, 9.17) is 4.74 Å². The number of nitrogens with one attached hydrogen (secondary N) is 2. The maximum atomic E-state index is 12.7. The van der Waals surface area contributed by atoms with Crippen LogP contribution in [0.2, 0.25) is 0 Å². The molecule has 1 amide bonds. The summed E-state index contributed by atoms with van der Waals surface area (Å²) < 4.78 is 5.23. The molecular weight excluding hydrogens is 342 g/mol. The molecule has 1 heterocycles. The summed E-state index contributed by atoms with van der Waals surface area (Å²) in [6, 6.07) is 0. The van der Waals surface area contributed by atoms with E-state index < -0.39 is 0 Å². The summed E-state index contributed by atoms with van der Waals surface area (Å²) in [5.41, 5.74) is -0.0788. The van der Waals surface area contributed by atoms with E-state index in [0.29, 0.717) is 13.2 Å². The summed E-state index contributed by atoms with van der Waals surface area (Å²) in [6.07, 6.45) is 11.1. The van der Waals surface area contributed by atoms with E-state index in [1.807, 2.05) is 0 Å². The second kappa shape index (κ2) is 6.16. The molecule has 0 aliphatic heterocycles. The van der Waals surface area contributed by atoms with Crippen molar-refractivity contribution in [1.29, 1.82) is 0 Å². The van der Waals surface area contributed by atoms with Crippen LogP contribution in [0.1, 0.15) is 67.5 Å². The molecule has 0 spiro atoms. The number of carbonyl (C=O) groups is 1. The van der Waals surface area contributed by atoms with Gasteiger partial charge in [-0.2, -0.15) is 0 Å². The van der Waals surface area contributed by atoms with Crippen molar-refractivity contribution in [3.63, 3.8) is 0 Å². The lowest BCUT2D eigenvalue weighted by molar-refractivity contribution is -0.00953. The Bertz CT molecular complexity index is 776. The summed E-state index contributed by atoms with van der Waals surface area (Å²) in [4.78, 5) is 32.8. The zero-order valence-electron chi connectivity index (χ0n) is 16.1. The number of hydrogen-bond donors (Lipinski definition) is 2. The second-order valence-electron chi connectivity index (χ2n) is 9.79. The molecular formula is C21H29N3O3. The SMILES string of the molecule is COCC1(CNC(=O)c2cnc(C34CC5CC(CC(C5)C3)C4)[nH]c2=O)CC1. The smallest absolute Gasteiger partial charge is 0.263 e. The highest BCUT2D eigenvalue weighted by molar-refractivity contribution is 5.93. The van der Waals surface area contributed by atoms with Crippen LogP contribution in [-0.2, 0) is 10.2 Å². The van der Waals surface area contributed by atoms with Crippen LogP contribution in [0.25, 0.3) is 0 Å². The van der Waals surface area contributed by atoms with E-state index in [9.17, 15) is 9.59 Å². The monoisotopic (exact) mass is 371 g/mol.